The van der Waals surface area contributed by atoms with E-state index in [9.17, 15) is 0 Å². The van der Waals surface area contributed by atoms with Gasteiger partial charge in [0.25, 0.3) is 0 Å². The molecular weight excluding hydrogens is 252 g/mol. The van der Waals surface area contributed by atoms with Crippen LogP contribution >= 0.6 is 0 Å². The summed E-state index contributed by atoms with van der Waals surface area (Å²) in [6.07, 6.45) is 4.00. The lowest BCUT2D eigenvalue weighted by Gasteiger charge is -2.41. The fourth-order valence-electron chi connectivity index (χ4n) is 3.42. The molecule has 3 rings (SSSR count). The quantitative estimate of drug-likeness (QED) is 0.863. The van der Waals surface area contributed by atoms with Gasteiger partial charge in [-0.25, -0.2) is 4.98 Å². The number of hydrogen-bond donors (Lipinski definition) is 2. The highest BCUT2D eigenvalue weighted by Gasteiger charge is 2.32. The van der Waals surface area contributed by atoms with Gasteiger partial charge in [-0.3, -0.25) is 4.90 Å². The molecule has 20 heavy (non-hydrogen) atoms. The third kappa shape index (κ3) is 2.95. The van der Waals surface area contributed by atoms with E-state index in [0.717, 1.165) is 52.2 Å². The molecule has 2 aliphatic heterocycles. The first-order chi connectivity index (χ1) is 9.86. The van der Waals surface area contributed by atoms with E-state index in [2.05, 4.69) is 21.3 Å². The van der Waals surface area contributed by atoms with Crippen LogP contribution in [0.1, 0.15) is 24.4 Å². The van der Waals surface area contributed by atoms with Crippen LogP contribution in [-0.4, -0.2) is 49.3 Å². The highest BCUT2D eigenvalue weighted by atomic mass is 16.5. The number of ether oxygens (including phenoxy) is 1. The summed E-state index contributed by atoms with van der Waals surface area (Å²) in [5, 5.41) is 3.43. The molecule has 1 aromatic rings. The van der Waals surface area contributed by atoms with Crippen molar-refractivity contribution in [3.05, 3.63) is 23.9 Å². The second kappa shape index (κ2) is 6.52. The van der Waals surface area contributed by atoms with Crippen LogP contribution in [0.3, 0.4) is 0 Å². The Balaban J connectivity index is 1.87. The molecule has 2 fully saturated rings. The molecule has 1 atom stereocenters. The second-order valence-corrected chi connectivity index (χ2v) is 5.66. The highest BCUT2D eigenvalue weighted by Crippen LogP contribution is 2.36. The van der Waals surface area contributed by atoms with Crippen LogP contribution < -0.4 is 11.1 Å². The number of piperazine rings is 1. The van der Waals surface area contributed by atoms with Crippen molar-refractivity contribution in [1.82, 2.24) is 15.2 Å². The molecule has 2 saturated heterocycles. The van der Waals surface area contributed by atoms with Gasteiger partial charge < -0.3 is 15.8 Å². The fourth-order valence-corrected chi connectivity index (χ4v) is 3.42. The summed E-state index contributed by atoms with van der Waals surface area (Å²) in [7, 11) is 0. The Hall–Kier alpha value is -1.17. The first-order valence-corrected chi connectivity index (χ1v) is 7.59. The van der Waals surface area contributed by atoms with E-state index in [1.807, 2.05) is 6.07 Å². The number of hydrogen-bond acceptors (Lipinski definition) is 5. The number of pyridine rings is 1. The Morgan fingerprint density at radius 3 is 2.75 bits per heavy atom. The van der Waals surface area contributed by atoms with Crippen LogP contribution in [-0.2, 0) is 4.74 Å². The molecule has 0 aromatic carbocycles. The minimum atomic E-state index is 0.384. The van der Waals surface area contributed by atoms with Gasteiger partial charge in [-0.1, -0.05) is 6.07 Å². The summed E-state index contributed by atoms with van der Waals surface area (Å²) in [6, 6.07) is 4.53. The minimum absolute atomic E-state index is 0.384. The second-order valence-electron chi connectivity index (χ2n) is 5.66. The number of nitrogens with zero attached hydrogens (tertiary/aromatic N) is 2. The predicted molar refractivity (Wildman–Crippen MR) is 79.4 cm³/mol. The molecule has 2 aliphatic rings. The lowest BCUT2D eigenvalue weighted by Crippen LogP contribution is -2.47. The van der Waals surface area contributed by atoms with Gasteiger partial charge in [0.05, 0.1) is 0 Å². The van der Waals surface area contributed by atoms with Crippen LogP contribution in [0, 0.1) is 5.92 Å². The van der Waals surface area contributed by atoms with Crippen LogP contribution in [0.4, 0.5) is 5.82 Å². The Kier molecular flexibility index (Phi) is 4.50. The summed E-state index contributed by atoms with van der Waals surface area (Å²) in [4.78, 5) is 6.86. The monoisotopic (exact) mass is 276 g/mol. The van der Waals surface area contributed by atoms with Crippen molar-refractivity contribution in [2.75, 3.05) is 45.1 Å². The van der Waals surface area contributed by atoms with E-state index in [-0.39, 0.29) is 0 Å². The van der Waals surface area contributed by atoms with E-state index in [0.29, 0.717) is 17.8 Å². The zero-order valence-corrected chi connectivity index (χ0v) is 11.9. The standard InChI is InChI=1S/C15H24N4O/c16-15-13(2-1-5-18-15)14(12-3-10-20-11-4-12)19-8-6-17-7-9-19/h1-2,5,12,14,17H,3-4,6-11H2,(H2,16,18)/t14-/m0/s1. The number of nitrogens with two attached hydrogens (primary N) is 1. The summed E-state index contributed by atoms with van der Waals surface area (Å²) in [6.45, 7) is 6.01. The molecule has 0 saturated carbocycles. The Bertz CT molecular complexity index is 410. The van der Waals surface area contributed by atoms with Crippen LogP contribution in [0.5, 0.6) is 0 Å². The van der Waals surface area contributed by atoms with Gasteiger partial charge in [-0.05, 0) is 24.8 Å². The Labute approximate surface area is 120 Å². The SMILES string of the molecule is Nc1ncccc1[C@H](C1CCOCC1)N1CCNCC1. The van der Waals surface area contributed by atoms with Crippen molar-refractivity contribution in [1.29, 1.82) is 0 Å². The first kappa shape index (κ1) is 13.8. The van der Waals surface area contributed by atoms with Gasteiger partial charge in [-0.15, -0.1) is 0 Å². The van der Waals surface area contributed by atoms with E-state index in [1.165, 1.54) is 5.56 Å². The number of anilines is 1. The van der Waals surface area contributed by atoms with Gasteiger partial charge in [0, 0.05) is 57.2 Å². The van der Waals surface area contributed by atoms with Gasteiger partial charge in [0.15, 0.2) is 0 Å². The van der Waals surface area contributed by atoms with E-state index < -0.39 is 0 Å². The summed E-state index contributed by atoms with van der Waals surface area (Å²) in [5.41, 5.74) is 7.35. The molecule has 3 N–H and O–H groups in total. The first-order valence-electron chi connectivity index (χ1n) is 7.59. The molecule has 5 heteroatoms. The molecule has 0 aliphatic carbocycles. The molecule has 0 spiro atoms. The molecule has 0 bridgehead atoms. The average Bonchev–Trinajstić information content (AvgIpc) is 2.52. The third-order valence-corrected chi connectivity index (χ3v) is 4.45. The van der Waals surface area contributed by atoms with Crippen molar-refractivity contribution in [3.63, 3.8) is 0 Å². The predicted octanol–water partition coefficient (Wildman–Crippen LogP) is 1.04. The van der Waals surface area contributed by atoms with Crippen molar-refractivity contribution in [3.8, 4) is 0 Å². The lowest BCUT2D eigenvalue weighted by atomic mass is 9.85. The van der Waals surface area contributed by atoms with Gasteiger partial charge in [0.2, 0.25) is 0 Å². The summed E-state index contributed by atoms with van der Waals surface area (Å²) < 4.78 is 5.53. The molecular formula is C15H24N4O. The maximum Gasteiger partial charge on any atom is 0.128 e. The van der Waals surface area contributed by atoms with Crippen LogP contribution in [0.15, 0.2) is 18.3 Å². The molecule has 0 unspecified atom stereocenters. The molecule has 0 radical (unpaired) electrons. The van der Waals surface area contributed by atoms with Crippen molar-refractivity contribution >= 4 is 5.82 Å². The summed E-state index contributed by atoms with van der Waals surface area (Å²) >= 11 is 0. The largest absolute Gasteiger partial charge is 0.383 e. The maximum absolute atomic E-state index is 6.15. The number of nitrogen functional groups attached to an aromatic ring is 1. The minimum Gasteiger partial charge on any atom is -0.383 e. The zero-order chi connectivity index (χ0) is 13.8. The van der Waals surface area contributed by atoms with Gasteiger partial charge in [0.1, 0.15) is 5.82 Å². The average molecular weight is 276 g/mol. The van der Waals surface area contributed by atoms with Crippen molar-refractivity contribution in [2.24, 2.45) is 5.92 Å². The van der Waals surface area contributed by atoms with Crippen molar-refractivity contribution < 1.29 is 4.74 Å². The smallest absolute Gasteiger partial charge is 0.128 e. The molecule has 5 nitrogen and oxygen atoms in total. The Morgan fingerprint density at radius 1 is 1.30 bits per heavy atom. The Morgan fingerprint density at radius 2 is 2.05 bits per heavy atom. The van der Waals surface area contributed by atoms with Gasteiger partial charge >= 0.3 is 0 Å². The van der Waals surface area contributed by atoms with Crippen LogP contribution in [0.25, 0.3) is 0 Å². The summed E-state index contributed by atoms with van der Waals surface area (Å²) in [5.74, 6) is 1.30. The zero-order valence-electron chi connectivity index (χ0n) is 11.9. The molecule has 3 heterocycles. The number of aromatic nitrogens is 1. The van der Waals surface area contributed by atoms with Crippen LogP contribution in [0.2, 0.25) is 0 Å². The fraction of sp³-hybridized carbons (Fsp3) is 0.667. The lowest BCUT2D eigenvalue weighted by molar-refractivity contribution is 0.0214. The normalized spacial score (nSPS) is 23.6. The van der Waals surface area contributed by atoms with E-state index >= 15 is 0 Å². The molecule has 0 amide bonds. The molecule has 1 aromatic heterocycles. The highest BCUT2D eigenvalue weighted by molar-refractivity contribution is 5.41. The third-order valence-electron chi connectivity index (χ3n) is 4.45. The van der Waals surface area contributed by atoms with Gasteiger partial charge in [-0.2, -0.15) is 0 Å². The molecule has 110 valence electrons. The van der Waals surface area contributed by atoms with E-state index in [1.54, 1.807) is 6.20 Å². The topological polar surface area (TPSA) is 63.4 Å². The van der Waals surface area contributed by atoms with Crippen molar-refractivity contribution in [2.45, 2.75) is 18.9 Å². The number of rotatable bonds is 3. The van der Waals surface area contributed by atoms with E-state index in [4.69, 9.17) is 10.5 Å². The number of nitrogens with one attached hydrogen (secondary N) is 1. The maximum atomic E-state index is 6.15.